The van der Waals surface area contributed by atoms with Crippen molar-refractivity contribution in [3.05, 3.63) is 53.5 Å². The molecule has 0 fully saturated rings. The average Bonchev–Trinajstić information content (AvgIpc) is 2.69. The third-order valence-corrected chi connectivity index (χ3v) is 2.83. The van der Waals surface area contributed by atoms with Crippen LogP contribution in [0.15, 0.2) is 53.5 Å². The number of nitrogens with zero attached hydrogens (tertiary/aromatic N) is 3. The van der Waals surface area contributed by atoms with Crippen molar-refractivity contribution in [2.75, 3.05) is 0 Å². The van der Waals surface area contributed by atoms with Crippen LogP contribution in [0.3, 0.4) is 0 Å². The molecule has 0 bridgehead atoms. The van der Waals surface area contributed by atoms with E-state index in [2.05, 4.69) is 32.1 Å². The van der Waals surface area contributed by atoms with Gasteiger partial charge in [-0.2, -0.15) is 5.10 Å². The lowest BCUT2D eigenvalue weighted by Gasteiger charge is -2.01. The first-order valence-electron chi connectivity index (χ1n) is 4.88. The van der Waals surface area contributed by atoms with Gasteiger partial charge in [0, 0.05) is 24.2 Å². The highest BCUT2D eigenvalue weighted by Gasteiger charge is 2.01. The molecular formula is C12H8BrN3. The van der Waals surface area contributed by atoms with E-state index >= 15 is 0 Å². The lowest BCUT2D eigenvalue weighted by molar-refractivity contribution is 0.948. The zero-order chi connectivity index (χ0) is 11.0. The van der Waals surface area contributed by atoms with E-state index in [4.69, 9.17) is 0 Å². The summed E-state index contributed by atoms with van der Waals surface area (Å²) in [6, 6.07) is 10.1. The van der Waals surface area contributed by atoms with E-state index in [-0.39, 0.29) is 0 Å². The van der Waals surface area contributed by atoms with Crippen molar-refractivity contribution in [2.24, 2.45) is 0 Å². The molecule has 0 aliphatic rings. The Balaban J connectivity index is 2.18. The van der Waals surface area contributed by atoms with Crippen LogP contribution in [0.1, 0.15) is 0 Å². The number of pyridine rings is 2. The standard InChI is InChI=1S/C12H8BrN3/c13-12-7-11-2-1-10(8-16(11)15-12)9-3-5-14-6-4-9/h1-8H. The topological polar surface area (TPSA) is 30.2 Å². The minimum Gasteiger partial charge on any atom is -0.265 e. The van der Waals surface area contributed by atoms with Gasteiger partial charge in [-0.15, -0.1) is 0 Å². The number of hydrogen-bond acceptors (Lipinski definition) is 2. The molecule has 3 rings (SSSR count). The second-order valence-corrected chi connectivity index (χ2v) is 4.30. The zero-order valence-corrected chi connectivity index (χ0v) is 9.92. The number of fused-ring (bicyclic) bond motifs is 1. The van der Waals surface area contributed by atoms with Gasteiger partial charge in [0.15, 0.2) is 0 Å². The van der Waals surface area contributed by atoms with Gasteiger partial charge in [0.25, 0.3) is 0 Å². The van der Waals surface area contributed by atoms with Gasteiger partial charge in [-0.25, -0.2) is 4.52 Å². The quantitative estimate of drug-likeness (QED) is 0.682. The first-order valence-corrected chi connectivity index (χ1v) is 5.67. The highest BCUT2D eigenvalue weighted by molar-refractivity contribution is 9.10. The lowest BCUT2D eigenvalue weighted by atomic mass is 10.1. The smallest absolute Gasteiger partial charge is 0.129 e. The van der Waals surface area contributed by atoms with Crippen LogP contribution < -0.4 is 0 Å². The molecule has 3 nitrogen and oxygen atoms in total. The third-order valence-electron chi connectivity index (χ3n) is 2.44. The summed E-state index contributed by atoms with van der Waals surface area (Å²) in [5.41, 5.74) is 3.35. The molecule has 0 N–H and O–H groups in total. The molecule has 3 heterocycles. The summed E-state index contributed by atoms with van der Waals surface area (Å²) in [5, 5.41) is 4.32. The van der Waals surface area contributed by atoms with E-state index in [1.807, 2.05) is 35.0 Å². The Kier molecular flexibility index (Phi) is 2.22. The van der Waals surface area contributed by atoms with Crippen LogP contribution in [0, 0.1) is 0 Å². The molecule has 0 saturated heterocycles. The van der Waals surface area contributed by atoms with Crippen LogP contribution in [0.25, 0.3) is 16.6 Å². The lowest BCUT2D eigenvalue weighted by Crippen LogP contribution is -1.88. The molecule has 0 aliphatic carbocycles. The Morgan fingerprint density at radius 2 is 1.81 bits per heavy atom. The molecule has 0 spiro atoms. The van der Waals surface area contributed by atoms with Gasteiger partial charge < -0.3 is 0 Å². The number of rotatable bonds is 1. The molecule has 0 amide bonds. The van der Waals surface area contributed by atoms with Gasteiger partial charge in [-0.1, -0.05) is 6.07 Å². The molecule has 0 saturated carbocycles. The van der Waals surface area contributed by atoms with Crippen molar-refractivity contribution in [3.63, 3.8) is 0 Å². The van der Waals surface area contributed by atoms with E-state index < -0.39 is 0 Å². The summed E-state index contributed by atoms with van der Waals surface area (Å²) in [5.74, 6) is 0. The number of aromatic nitrogens is 3. The molecule has 0 aromatic carbocycles. The largest absolute Gasteiger partial charge is 0.265 e. The van der Waals surface area contributed by atoms with E-state index in [0.29, 0.717) is 0 Å². The van der Waals surface area contributed by atoms with Gasteiger partial charge in [0.2, 0.25) is 0 Å². The Hall–Kier alpha value is -1.68. The zero-order valence-electron chi connectivity index (χ0n) is 8.34. The summed E-state index contributed by atoms with van der Waals surface area (Å²) in [6.45, 7) is 0. The molecule has 4 heteroatoms. The third kappa shape index (κ3) is 1.61. The SMILES string of the molecule is Brc1cc2ccc(-c3ccncc3)cn2n1. The molecule has 0 aliphatic heterocycles. The van der Waals surface area contributed by atoms with Gasteiger partial charge in [0.1, 0.15) is 4.60 Å². The van der Waals surface area contributed by atoms with Gasteiger partial charge in [-0.3, -0.25) is 4.98 Å². The van der Waals surface area contributed by atoms with Gasteiger partial charge in [-0.05, 0) is 45.8 Å². The molecule has 78 valence electrons. The fraction of sp³-hybridized carbons (Fsp3) is 0. The maximum absolute atomic E-state index is 4.32. The van der Waals surface area contributed by atoms with E-state index in [1.54, 1.807) is 12.4 Å². The summed E-state index contributed by atoms with van der Waals surface area (Å²) in [6.07, 6.45) is 5.59. The van der Waals surface area contributed by atoms with Crippen molar-refractivity contribution >= 4 is 21.4 Å². The monoisotopic (exact) mass is 273 g/mol. The summed E-state index contributed by atoms with van der Waals surface area (Å²) < 4.78 is 2.71. The normalized spacial score (nSPS) is 10.8. The van der Waals surface area contributed by atoms with E-state index in [9.17, 15) is 0 Å². The van der Waals surface area contributed by atoms with E-state index in [1.165, 1.54) is 0 Å². The summed E-state index contributed by atoms with van der Waals surface area (Å²) in [7, 11) is 0. The summed E-state index contributed by atoms with van der Waals surface area (Å²) >= 11 is 3.36. The average molecular weight is 274 g/mol. The van der Waals surface area contributed by atoms with Crippen molar-refractivity contribution < 1.29 is 0 Å². The van der Waals surface area contributed by atoms with Crippen molar-refractivity contribution in [1.82, 2.24) is 14.6 Å². The van der Waals surface area contributed by atoms with Crippen LogP contribution in [0.4, 0.5) is 0 Å². The van der Waals surface area contributed by atoms with Crippen molar-refractivity contribution in [3.8, 4) is 11.1 Å². The molecule has 3 aromatic rings. The minimum absolute atomic E-state index is 0.847. The maximum Gasteiger partial charge on any atom is 0.129 e. The highest BCUT2D eigenvalue weighted by Crippen LogP contribution is 2.20. The number of halogens is 1. The fourth-order valence-electron chi connectivity index (χ4n) is 1.67. The van der Waals surface area contributed by atoms with Gasteiger partial charge in [0.05, 0.1) is 5.52 Å². The fourth-order valence-corrected chi connectivity index (χ4v) is 2.08. The first kappa shape index (κ1) is 9.54. The van der Waals surface area contributed by atoms with Crippen LogP contribution >= 0.6 is 15.9 Å². The Labute approximate surface area is 101 Å². The van der Waals surface area contributed by atoms with Crippen LogP contribution in [0.5, 0.6) is 0 Å². The Morgan fingerprint density at radius 1 is 1.00 bits per heavy atom. The highest BCUT2D eigenvalue weighted by atomic mass is 79.9. The predicted molar refractivity (Wildman–Crippen MR) is 66.1 cm³/mol. The Bertz CT molecular complexity index is 631. The second-order valence-electron chi connectivity index (χ2n) is 3.49. The predicted octanol–water partition coefficient (Wildman–Crippen LogP) is 3.16. The molecule has 0 radical (unpaired) electrons. The van der Waals surface area contributed by atoms with Crippen LogP contribution in [-0.2, 0) is 0 Å². The maximum atomic E-state index is 4.32. The van der Waals surface area contributed by atoms with Gasteiger partial charge >= 0.3 is 0 Å². The van der Waals surface area contributed by atoms with E-state index in [0.717, 1.165) is 21.2 Å². The number of hydrogen-bond donors (Lipinski definition) is 0. The van der Waals surface area contributed by atoms with Crippen molar-refractivity contribution in [1.29, 1.82) is 0 Å². The molecular weight excluding hydrogens is 266 g/mol. The molecule has 0 unspecified atom stereocenters. The van der Waals surface area contributed by atoms with Crippen molar-refractivity contribution in [2.45, 2.75) is 0 Å². The summed E-state index contributed by atoms with van der Waals surface area (Å²) in [4.78, 5) is 4.01. The molecule has 16 heavy (non-hydrogen) atoms. The minimum atomic E-state index is 0.847. The van der Waals surface area contributed by atoms with Crippen LogP contribution in [0.2, 0.25) is 0 Å². The molecule has 3 aromatic heterocycles. The first-order chi connectivity index (χ1) is 7.83. The second kappa shape index (κ2) is 3.72. The molecule has 0 atom stereocenters. The van der Waals surface area contributed by atoms with Crippen LogP contribution in [-0.4, -0.2) is 14.6 Å². The Morgan fingerprint density at radius 3 is 2.62 bits per heavy atom.